The highest BCUT2D eigenvalue weighted by atomic mass is 16.3. The molecule has 11 atom stereocenters. The van der Waals surface area contributed by atoms with Gasteiger partial charge in [0.1, 0.15) is 54.4 Å². The smallest absolute Gasteiger partial charge is 0.245 e. The zero-order valence-electron chi connectivity index (χ0n) is 40.2. The molecule has 1 saturated heterocycles. The van der Waals surface area contributed by atoms with E-state index >= 15 is 0 Å². The number of hydrogen-bond acceptors (Lipinski definition) is 16. The number of amides is 10. The van der Waals surface area contributed by atoms with Crippen LogP contribution in [-0.4, -0.2) is 174 Å². The van der Waals surface area contributed by atoms with Crippen LogP contribution in [0.15, 0.2) is 30.3 Å². The lowest BCUT2D eigenvalue weighted by Gasteiger charge is -2.28. The normalized spacial score (nSPS) is 24.4. The lowest BCUT2D eigenvalue weighted by atomic mass is 10.00. The topological polar surface area (TPSA) is 430 Å². The van der Waals surface area contributed by atoms with Gasteiger partial charge in [-0.25, -0.2) is 0 Å². The molecule has 26 nitrogen and oxygen atoms in total. The van der Waals surface area contributed by atoms with Crippen molar-refractivity contribution in [1.29, 1.82) is 0 Å². The molecule has 0 aromatic heterocycles. The number of aliphatic hydroxyl groups excluding tert-OH is 3. The molecule has 0 bridgehead atoms. The maximum Gasteiger partial charge on any atom is 0.245 e. The van der Waals surface area contributed by atoms with Crippen LogP contribution in [0.25, 0.3) is 0 Å². The minimum atomic E-state index is -1.78. The SMILES string of the molecule is CC(=O)N[C@H](C(=O)N[C@H](CO)C(=O)NC1CCNC(=O)[C@H]([C@@H](C)O)NC(=O)[C@H](CCN)NC(=O)[C@H](CCN)NC(=O)[C@H](CC(C)C)NC(=O)[C@@H](Cc2ccccc2)NC(=O)C(CCN)NC1=O)[C@@H](C)O. The molecule has 2 unspecified atom stereocenters. The maximum atomic E-state index is 14.2. The minimum Gasteiger partial charge on any atom is -0.394 e. The van der Waals surface area contributed by atoms with Gasteiger partial charge in [-0.2, -0.15) is 0 Å². The lowest BCUT2D eigenvalue weighted by molar-refractivity contribution is -0.136. The molecular formula is C44H73N13O13. The highest BCUT2D eigenvalue weighted by Crippen LogP contribution is 2.11. The Hall–Kier alpha value is -6.32. The second-order valence-corrected chi connectivity index (χ2v) is 17.4. The summed E-state index contributed by atoms with van der Waals surface area (Å²) in [5.41, 5.74) is 18.1. The van der Waals surface area contributed by atoms with E-state index in [1.54, 1.807) is 44.2 Å². The monoisotopic (exact) mass is 992 g/mol. The van der Waals surface area contributed by atoms with Gasteiger partial charge in [0, 0.05) is 19.9 Å². The summed E-state index contributed by atoms with van der Waals surface area (Å²) in [5, 5.41) is 55.4. The number of aliphatic hydroxyl groups is 3. The Kier molecular flexibility index (Phi) is 25.9. The predicted molar refractivity (Wildman–Crippen MR) is 252 cm³/mol. The molecule has 0 aliphatic carbocycles. The van der Waals surface area contributed by atoms with Crippen LogP contribution in [0.4, 0.5) is 0 Å². The van der Waals surface area contributed by atoms with Crippen molar-refractivity contribution in [3.05, 3.63) is 35.9 Å². The highest BCUT2D eigenvalue weighted by Gasteiger charge is 2.36. The summed E-state index contributed by atoms with van der Waals surface area (Å²) in [6.45, 7) is 5.08. The van der Waals surface area contributed by atoms with Crippen LogP contribution in [0.3, 0.4) is 0 Å². The van der Waals surface area contributed by atoms with Gasteiger partial charge in [-0.1, -0.05) is 44.2 Å². The van der Waals surface area contributed by atoms with Crippen LogP contribution in [0, 0.1) is 5.92 Å². The van der Waals surface area contributed by atoms with E-state index in [2.05, 4.69) is 53.2 Å². The summed E-state index contributed by atoms with van der Waals surface area (Å²) in [6, 6.07) is -5.08. The standard InChI is InChI=1S/C44H73N13O13/c1-22(2)19-31-40(66)52-27(11-15-45)36(62)51-29(13-17-47)39(65)57-34(23(3)59)43(69)48-18-14-30(53-42(68)33(21-58)56-44(70)35(24(4)60)49-25(5)61)38(64)50-28(12-16-46)37(63)55-32(41(67)54-31)20-26-9-7-6-8-10-26/h6-10,22-24,27-35,58-60H,11-21,45-47H2,1-5H3,(H,48,69)(H,49,61)(H,50,64)(H,51,62)(H,52,66)(H,53,68)(H,54,67)(H,55,63)(H,56,70)(H,57,65)/t23-,24-,27+,28?,29+,30?,31+,32-,33-,34+,35+/m1/s1. The van der Waals surface area contributed by atoms with Crippen molar-refractivity contribution < 1.29 is 63.3 Å². The van der Waals surface area contributed by atoms with E-state index in [0.29, 0.717) is 5.56 Å². The summed E-state index contributed by atoms with van der Waals surface area (Å²) < 4.78 is 0. The Morgan fingerprint density at radius 2 is 1.11 bits per heavy atom. The van der Waals surface area contributed by atoms with Crippen LogP contribution in [0.2, 0.25) is 0 Å². The van der Waals surface area contributed by atoms with Crippen LogP contribution in [0.5, 0.6) is 0 Å². The number of rotatable bonds is 18. The van der Waals surface area contributed by atoms with E-state index in [1.807, 2.05) is 0 Å². The molecule has 10 amide bonds. The number of nitrogens with one attached hydrogen (secondary N) is 10. The number of nitrogens with two attached hydrogens (primary N) is 3. The Morgan fingerprint density at radius 1 is 0.643 bits per heavy atom. The molecule has 19 N–H and O–H groups in total. The largest absolute Gasteiger partial charge is 0.394 e. The van der Waals surface area contributed by atoms with Gasteiger partial charge >= 0.3 is 0 Å². The molecule has 0 radical (unpaired) electrons. The predicted octanol–water partition coefficient (Wildman–Crippen LogP) is -7.02. The molecule has 0 saturated carbocycles. The maximum absolute atomic E-state index is 14.2. The van der Waals surface area contributed by atoms with Crippen LogP contribution >= 0.6 is 0 Å². The third-order valence-corrected chi connectivity index (χ3v) is 10.9. The number of hydrogen-bond donors (Lipinski definition) is 16. The minimum absolute atomic E-state index is 0.0533. The Balaban J connectivity index is 2.73. The molecule has 1 aliphatic rings. The molecule has 1 aromatic carbocycles. The molecule has 2 rings (SSSR count). The van der Waals surface area contributed by atoms with Gasteiger partial charge in [0.25, 0.3) is 0 Å². The van der Waals surface area contributed by atoms with Gasteiger partial charge in [0.15, 0.2) is 0 Å². The lowest BCUT2D eigenvalue weighted by Crippen LogP contribution is -2.61. The van der Waals surface area contributed by atoms with E-state index < -0.39 is 145 Å². The first kappa shape index (κ1) is 59.8. The van der Waals surface area contributed by atoms with Crippen molar-refractivity contribution in [3.63, 3.8) is 0 Å². The van der Waals surface area contributed by atoms with Gasteiger partial charge in [0.2, 0.25) is 59.1 Å². The third kappa shape index (κ3) is 20.0. The summed E-state index contributed by atoms with van der Waals surface area (Å²) in [7, 11) is 0. The fraction of sp³-hybridized carbons (Fsp3) is 0.636. The van der Waals surface area contributed by atoms with E-state index in [0.717, 1.165) is 6.92 Å². The van der Waals surface area contributed by atoms with Crippen LogP contribution < -0.4 is 70.4 Å². The number of carbonyl (C=O) groups is 10. The van der Waals surface area contributed by atoms with Gasteiger partial charge < -0.3 is 85.7 Å². The van der Waals surface area contributed by atoms with E-state index in [4.69, 9.17) is 17.2 Å². The number of carbonyl (C=O) groups excluding carboxylic acids is 10. The zero-order valence-corrected chi connectivity index (χ0v) is 40.2. The fourth-order valence-electron chi connectivity index (χ4n) is 7.16. The Morgan fingerprint density at radius 3 is 1.59 bits per heavy atom. The van der Waals surface area contributed by atoms with E-state index in [1.165, 1.54) is 13.8 Å². The average molecular weight is 992 g/mol. The van der Waals surface area contributed by atoms with E-state index in [9.17, 15) is 63.3 Å². The Bertz CT molecular complexity index is 1940. The molecule has 1 aliphatic heterocycles. The van der Waals surface area contributed by atoms with Gasteiger partial charge in [0.05, 0.1) is 18.8 Å². The van der Waals surface area contributed by atoms with Crippen molar-refractivity contribution >= 4 is 59.1 Å². The van der Waals surface area contributed by atoms with Crippen LogP contribution in [-0.2, 0) is 54.4 Å². The van der Waals surface area contributed by atoms with Crippen molar-refractivity contribution in [2.75, 3.05) is 32.8 Å². The molecule has 1 heterocycles. The van der Waals surface area contributed by atoms with E-state index in [-0.39, 0.29) is 57.7 Å². The number of benzene rings is 1. The van der Waals surface area contributed by atoms with Crippen LogP contribution in [0.1, 0.15) is 72.3 Å². The molecule has 70 heavy (non-hydrogen) atoms. The summed E-state index contributed by atoms with van der Waals surface area (Å²) in [6.07, 6.45) is -4.04. The van der Waals surface area contributed by atoms with Crippen molar-refractivity contribution in [1.82, 2.24) is 53.2 Å². The first-order valence-corrected chi connectivity index (χ1v) is 23.2. The summed E-state index contributed by atoms with van der Waals surface area (Å²) in [4.78, 5) is 136. The first-order chi connectivity index (χ1) is 33.1. The molecule has 392 valence electrons. The van der Waals surface area contributed by atoms with Gasteiger partial charge in [-0.15, -0.1) is 0 Å². The molecule has 1 fully saturated rings. The Labute approximate surface area is 406 Å². The second-order valence-electron chi connectivity index (χ2n) is 17.4. The fourth-order valence-corrected chi connectivity index (χ4v) is 7.16. The van der Waals surface area contributed by atoms with Crippen molar-refractivity contribution in [3.8, 4) is 0 Å². The van der Waals surface area contributed by atoms with Gasteiger partial charge in [-0.3, -0.25) is 47.9 Å². The molecule has 1 aromatic rings. The average Bonchev–Trinajstić information content (AvgIpc) is 3.29. The third-order valence-electron chi connectivity index (χ3n) is 10.9. The quantitative estimate of drug-likeness (QED) is 0.0650. The van der Waals surface area contributed by atoms with Gasteiger partial charge in [-0.05, 0) is 77.1 Å². The molecule has 0 spiro atoms. The van der Waals surface area contributed by atoms with Crippen molar-refractivity contribution in [2.24, 2.45) is 23.1 Å². The first-order valence-electron chi connectivity index (χ1n) is 23.2. The molecular weight excluding hydrogens is 919 g/mol. The second kappa shape index (κ2) is 30.3. The molecule has 26 heteroatoms. The summed E-state index contributed by atoms with van der Waals surface area (Å²) in [5.74, 6) is -9.53. The zero-order chi connectivity index (χ0) is 52.7. The van der Waals surface area contributed by atoms with Crippen molar-refractivity contribution in [2.45, 2.75) is 140 Å². The summed E-state index contributed by atoms with van der Waals surface area (Å²) >= 11 is 0. The highest BCUT2D eigenvalue weighted by molar-refractivity contribution is 5.98.